The fourth-order valence-corrected chi connectivity index (χ4v) is 3.63. The van der Waals surface area contributed by atoms with E-state index in [1.807, 2.05) is 0 Å². The largest absolute Gasteiger partial charge is 0.481 e. The molecule has 0 aliphatic carbocycles. The second-order valence-electron chi connectivity index (χ2n) is 6.67. The van der Waals surface area contributed by atoms with Crippen LogP contribution in [-0.2, 0) is 19.1 Å². The highest BCUT2D eigenvalue weighted by atomic mass is 16.6. The van der Waals surface area contributed by atoms with E-state index in [1.54, 1.807) is 0 Å². The molecular weight excluding hydrogens is 332 g/mol. The van der Waals surface area contributed by atoms with E-state index in [9.17, 15) is 19.5 Å². The summed E-state index contributed by atoms with van der Waals surface area (Å²) in [6, 6.07) is 0. The summed E-state index contributed by atoms with van der Waals surface area (Å²) in [7, 11) is 0. The maximum Gasteiger partial charge on any atom is 0.303 e. The molecule has 1 saturated heterocycles. The van der Waals surface area contributed by atoms with Crippen molar-refractivity contribution in [2.75, 3.05) is 6.61 Å². The molecule has 0 saturated carbocycles. The summed E-state index contributed by atoms with van der Waals surface area (Å²) in [5.41, 5.74) is 0. The maximum absolute atomic E-state index is 10.8. The van der Waals surface area contributed by atoms with Crippen molar-refractivity contribution in [3.8, 4) is 0 Å². The third kappa shape index (κ3) is 8.31. The lowest BCUT2D eigenvalue weighted by Crippen LogP contribution is -2.42. The van der Waals surface area contributed by atoms with E-state index in [0.29, 0.717) is 45.1 Å². The smallest absolute Gasteiger partial charge is 0.303 e. The van der Waals surface area contributed by atoms with Crippen LogP contribution in [0.15, 0.2) is 0 Å². The molecule has 1 unspecified atom stereocenters. The van der Waals surface area contributed by atoms with Gasteiger partial charge in [-0.1, -0.05) is 0 Å². The zero-order valence-corrected chi connectivity index (χ0v) is 14.3. The molecule has 1 fully saturated rings. The van der Waals surface area contributed by atoms with Gasteiger partial charge in [0, 0.05) is 25.2 Å². The Morgan fingerprint density at radius 2 is 1.20 bits per heavy atom. The molecule has 0 aromatic carbocycles. The SMILES string of the molecule is O=C(O)CCC[C@H]1COC(O)[C@H](CCCC(=O)O)[C@@H]1CCCC(=O)O. The number of hydrogen-bond donors (Lipinski definition) is 4. The Kier molecular flexibility index (Phi) is 9.44. The molecular formula is C17H28O8. The van der Waals surface area contributed by atoms with Gasteiger partial charge in [0.05, 0.1) is 6.61 Å². The topological polar surface area (TPSA) is 141 Å². The lowest BCUT2D eigenvalue weighted by Gasteiger charge is -2.41. The Balaban J connectivity index is 2.69. The van der Waals surface area contributed by atoms with E-state index in [1.165, 1.54) is 0 Å². The fraction of sp³-hybridized carbons (Fsp3) is 0.824. The molecule has 0 radical (unpaired) electrons. The average molecular weight is 360 g/mol. The number of ether oxygens (including phenoxy) is 1. The minimum absolute atomic E-state index is 0.00527. The van der Waals surface area contributed by atoms with Gasteiger partial charge in [0.2, 0.25) is 0 Å². The highest BCUT2D eigenvalue weighted by molar-refractivity contribution is 5.67. The molecule has 1 aliphatic heterocycles. The van der Waals surface area contributed by atoms with Gasteiger partial charge >= 0.3 is 17.9 Å². The van der Waals surface area contributed by atoms with Crippen molar-refractivity contribution in [3.05, 3.63) is 0 Å². The van der Waals surface area contributed by atoms with Crippen LogP contribution in [0, 0.1) is 17.8 Å². The first kappa shape index (κ1) is 21.4. The summed E-state index contributed by atoms with van der Waals surface area (Å²) < 4.78 is 5.42. The average Bonchev–Trinajstić information content (AvgIpc) is 2.50. The molecule has 1 aliphatic rings. The molecule has 8 nitrogen and oxygen atoms in total. The van der Waals surface area contributed by atoms with Crippen LogP contribution in [0.1, 0.15) is 57.8 Å². The third-order valence-electron chi connectivity index (χ3n) is 4.82. The molecule has 0 spiro atoms. The van der Waals surface area contributed by atoms with Crippen LogP contribution in [0.3, 0.4) is 0 Å². The number of aliphatic hydroxyl groups excluding tert-OH is 1. The Labute approximate surface area is 146 Å². The normalized spacial score (nSPS) is 26.3. The van der Waals surface area contributed by atoms with Crippen LogP contribution in [-0.4, -0.2) is 51.2 Å². The van der Waals surface area contributed by atoms with Crippen molar-refractivity contribution < 1.29 is 39.5 Å². The molecule has 1 heterocycles. The predicted octanol–water partition coefficient (Wildman–Crippen LogP) is 1.95. The Morgan fingerprint density at radius 3 is 1.68 bits per heavy atom. The second-order valence-corrected chi connectivity index (χ2v) is 6.67. The molecule has 0 aromatic heterocycles. The Morgan fingerprint density at radius 1 is 0.760 bits per heavy atom. The van der Waals surface area contributed by atoms with Crippen LogP contribution >= 0.6 is 0 Å². The van der Waals surface area contributed by atoms with Crippen LogP contribution < -0.4 is 0 Å². The maximum atomic E-state index is 10.8. The van der Waals surface area contributed by atoms with Gasteiger partial charge in [0.25, 0.3) is 0 Å². The van der Waals surface area contributed by atoms with Crippen molar-refractivity contribution in [2.45, 2.75) is 64.1 Å². The van der Waals surface area contributed by atoms with Crippen LogP contribution in [0.25, 0.3) is 0 Å². The first-order valence-corrected chi connectivity index (χ1v) is 8.76. The number of carboxylic acid groups (broad SMARTS) is 3. The molecule has 0 bridgehead atoms. The predicted molar refractivity (Wildman–Crippen MR) is 86.9 cm³/mol. The van der Waals surface area contributed by atoms with Gasteiger partial charge < -0.3 is 25.2 Å². The summed E-state index contributed by atoms with van der Waals surface area (Å²) in [5.74, 6) is -2.84. The first-order chi connectivity index (χ1) is 11.8. The first-order valence-electron chi connectivity index (χ1n) is 8.76. The summed E-state index contributed by atoms with van der Waals surface area (Å²) in [6.07, 6.45) is 2.22. The molecule has 4 N–H and O–H groups in total. The van der Waals surface area contributed by atoms with E-state index in [-0.39, 0.29) is 37.0 Å². The molecule has 1 rings (SSSR count). The Hall–Kier alpha value is -1.67. The second kappa shape index (κ2) is 11.0. The van der Waals surface area contributed by atoms with Gasteiger partial charge in [0.15, 0.2) is 6.29 Å². The molecule has 0 amide bonds. The number of aliphatic carboxylic acids is 3. The zero-order valence-electron chi connectivity index (χ0n) is 14.3. The third-order valence-corrected chi connectivity index (χ3v) is 4.82. The van der Waals surface area contributed by atoms with Crippen molar-refractivity contribution in [2.24, 2.45) is 17.8 Å². The van der Waals surface area contributed by atoms with E-state index >= 15 is 0 Å². The van der Waals surface area contributed by atoms with Crippen LogP contribution in [0.4, 0.5) is 0 Å². The summed E-state index contributed by atoms with van der Waals surface area (Å²) in [6.45, 7) is 0.313. The van der Waals surface area contributed by atoms with Gasteiger partial charge in [-0.25, -0.2) is 0 Å². The van der Waals surface area contributed by atoms with Crippen molar-refractivity contribution in [1.82, 2.24) is 0 Å². The molecule has 8 heteroatoms. The molecule has 4 atom stereocenters. The summed E-state index contributed by atoms with van der Waals surface area (Å²) in [4.78, 5) is 32.2. The van der Waals surface area contributed by atoms with Crippen molar-refractivity contribution in [3.63, 3.8) is 0 Å². The monoisotopic (exact) mass is 360 g/mol. The van der Waals surface area contributed by atoms with Crippen molar-refractivity contribution >= 4 is 17.9 Å². The standard InChI is InChI=1S/C17H28O8/c18-14(19)7-1-4-11-10-25-17(24)13(6-3-9-16(22)23)12(11)5-2-8-15(20)21/h11-13,17,24H,1-10H2,(H,18,19)(H,20,21)(H,22,23)/t11-,12+,13+,17?/m0/s1. The van der Waals surface area contributed by atoms with E-state index in [4.69, 9.17) is 20.1 Å². The van der Waals surface area contributed by atoms with Crippen LogP contribution in [0.5, 0.6) is 0 Å². The Bertz CT molecular complexity index is 450. The van der Waals surface area contributed by atoms with E-state index < -0.39 is 24.2 Å². The highest BCUT2D eigenvalue weighted by Gasteiger charge is 2.38. The number of carboxylic acids is 3. The zero-order chi connectivity index (χ0) is 18.8. The van der Waals surface area contributed by atoms with Crippen LogP contribution in [0.2, 0.25) is 0 Å². The molecule has 144 valence electrons. The summed E-state index contributed by atoms with van der Waals surface area (Å²) in [5, 5.41) is 36.6. The van der Waals surface area contributed by atoms with Gasteiger partial charge in [0.1, 0.15) is 0 Å². The number of aliphatic hydroxyl groups is 1. The number of rotatable bonds is 12. The lowest BCUT2D eigenvalue weighted by molar-refractivity contribution is -0.202. The van der Waals surface area contributed by atoms with Gasteiger partial charge in [-0.3, -0.25) is 14.4 Å². The minimum Gasteiger partial charge on any atom is -0.481 e. The van der Waals surface area contributed by atoms with E-state index in [2.05, 4.69) is 0 Å². The molecule has 0 aromatic rings. The number of carbonyl (C=O) groups is 3. The quantitative estimate of drug-likeness (QED) is 0.414. The fourth-order valence-electron chi connectivity index (χ4n) is 3.63. The highest BCUT2D eigenvalue weighted by Crippen LogP contribution is 2.39. The van der Waals surface area contributed by atoms with Crippen molar-refractivity contribution in [1.29, 1.82) is 0 Å². The van der Waals surface area contributed by atoms with E-state index in [0.717, 1.165) is 0 Å². The molecule has 25 heavy (non-hydrogen) atoms. The van der Waals surface area contributed by atoms with Gasteiger partial charge in [-0.15, -0.1) is 0 Å². The summed E-state index contributed by atoms with van der Waals surface area (Å²) >= 11 is 0. The number of hydrogen-bond acceptors (Lipinski definition) is 5. The van der Waals surface area contributed by atoms with Gasteiger partial charge in [-0.05, 0) is 50.4 Å². The van der Waals surface area contributed by atoms with Gasteiger partial charge in [-0.2, -0.15) is 0 Å². The lowest BCUT2D eigenvalue weighted by atomic mass is 9.72. The minimum atomic E-state index is -0.987.